The first-order chi connectivity index (χ1) is 12.2. The van der Waals surface area contributed by atoms with Gasteiger partial charge in [0.25, 0.3) is 0 Å². The van der Waals surface area contributed by atoms with Crippen LogP contribution in [0.3, 0.4) is 0 Å². The maximum Gasteiger partial charge on any atom is 0.243 e. The average Bonchev–Trinajstić information content (AvgIpc) is 2.58. The number of hydrogen-bond acceptors (Lipinski definition) is 4. The Balaban J connectivity index is 2.16. The molecule has 0 unspecified atom stereocenters. The predicted molar refractivity (Wildman–Crippen MR) is 102 cm³/mol. The molecule has 26 heavy (non-hydrogen) atoms. The molecule has 0 spiro atoms. The zero-order valence-corrected chi connectivity index (χ0v) is 16.5. The highest BCUT2D eigenvalue weighted by molar-refractivity contribution is 7.89. The Morgan fingerprint density at radius 1 is 1.08 bits per heavy atom. The van der Waals surface area contributed by atoms with Crippen LogP contribution in [0.1, 0.15) is 16.7 Å². The van der Waals surface area contributed by atoms with Crippen LogP contribution in [-0.2, 0) is 14.8 Å². The van der Waals surface area contributed by atoms with Gasteiger partial charge in [-0.3, -0.25) is 4.79 Å². The van der Waals surface area contributed by atoms with Crippen LogP contribution in [0.5, 0.6) is 5.75 Å². The summed E-state index contributed by atoms with van der Waals surface area (Å²) in [6.45, 7) is 5.28. The molecule has 0 aliphatic carbocycles. The van der Waals surface area contributed by atoms with Crippen LogP contribution in [0.15, 0.2) is 41.3 Å². The fourth-order valence-electron chi connectivity index (χ4n) is 2.67. The first kappa shape index (κ1) is 19.9. The number of likely N-dealkylation sites (N-methyl/N-ethyl adjacent to an activating group) is 1. The normalized spacial score (nSPS) is 11.5. The summed E-state index contributed by atoms with van der Waals surface area (Å²) in [4.78, 5) is 12.5. The summed E-state index contributed by atoms with van der Waals surface area (Å²) in [5.41, 5.74) is 3.27. The van der Waals surface area contributed by atoms with Gasteiger partial charge in [-0.15, -0.1) is 0 Å². The smallest absolute Gasteiger partial charge is 0.243 e. The third-order valence-electron chi connectivity index (χ3n) is 4.19. The number of nitrogens with zero attached hydrogens (tertiary/aromatic N) is 1. The lowest BCUT2D eigenvalue weighted by molar-refractivity contribution is -0.116. The number of aryl methyl sites for hydroxylation is 3. The minimum atomic E-state index is -3.78. The molecule has 2 rings (SSSR count). The van der Waals surface area contributed by atoms with Crippen molar-refractivity contribution in [1.29, 1.82) is 0 Å². The number of hydrogen-bond donors (Lipinski definition) is 1. The van der Waals surface area contributed by atoms with Gasteiger partial charge in [-0.25, -0.2) is 8.42 Å². The lowest BCUT2D eigenvalue weighted by Gasteiger charge is -2.18. The Bertz CT molecular complexity index is 903. The zero-order valence-electron chi connectivity index (χ0n) is 15.7. The van der Waals surface area contributed by atoms with Crippen LogP contribution >= 0.6 is 0 Å². The first-order valence-electron chi connectivity index (χ1n) is 8.14. The van der Waals surface area contributed by atoms with Gasteiger partial charge >= 0.3 is 0 Å². The second kappa shape index (κ2) is 7.88. The van der Waals surface area contributed by atoms with E-state index in [1.807, 2.05) is 32.0 Å². The topological polar surface area (TPSA) is 75.7 Å². The van der Waals surface area contributed by atoms with E-state index >= 15 is 0 Å². The zero-order chi connectivity index (χ0) is 19.5. The van der Waals surface area contributed by atoms with Crippen LogP contribution < -0.4 is 10.1 Å². The SMILES string of the molecule is COc1ccc(S(=O)(=O)N(C)CC(=O)Nc2c(C)cccc2C)cc1C. The van der Waals surface area contributed by atoms with Crippen LogP contribution in [0.2, 0.25) is 0 Å². The fourth-order valence-corrected chi connectivity index (χ4v) is 3.88. The molecule has 0 radical (unpaired) electrons. The number of rotatable bonds is 6. The van der Waals surface area contributed by atoms with E-state index in [9.17, 15) is 13.2 Å². The molecule has 0 aliphatic heterocycles. The maximum absolute atomic E-state index is 12.7. The van der Waals surface area contributed by atoms with Gasteiger partial charge in [0.1, 0.15) is 5.75 Å². The number of carbonyl (C=O) groups is 1. The second-order valence-electron chi connectivity index (χ2n) is 6.21. The van der Waals surface area contributed by atoms with Crippen LogP contribution in [0.25, 0.3) is 0 Å². The van der Waals surface area contributed by atoms with Crippen molar-refractivity contribution in [3.8, 4) is 5.75 Å². The van der Waals surface area contributed by atoms with Crippen molar-refractivity contribution < 1.29 is 17.9 Å². The molecule has 0 aromatic heterocycles. The lowest BCUT2D eigenvalue weighted by Crippen LogP contribution is -2.35. The molecule has 0 atom stereocenters. The molecule has 1 amide bonds. The van der Waals surface area contributed by atoms with Gasteiger partial charge < -0.3 is 10.1 Å². The summed E-state index contributed by atoms with van der Waals surface area (Å²) in [6.07, 6.45) is 0. The highest BCUT2D eigenvalue weighted by Gasteiger charge is 2.24. The van der Waals surface area contributed by atoms with Gasteiger partial charge in [-0.2, -0.15) is 4.31 Å². The van der Waals surface area contributed by atoms with E-state index in [4.69, 9.17) is 4.74 Å². The number of para-hydroxylation sites is 1. The highest BCUT2D eigenvalue weighted by Crippen LogP contribution is 2.23. The lowest BCUT2D eigenvalue weighted by atomic mass is 10.1. The molecule has 0 saturated carbocycles. The Hall–Kier alpha value is -2.38. The number of amides is 1. The molecular weight excluding hydrogens is 352 g/mol. The van der Waals surface area contributed by atoms with E-state index in [1.54, 1.807) is 13.0 Å². The minimum Gasteiger partial charge on any atom is -0.496 e. The second-order valence-corrected chi connectivity index (χ2v) is 8.25. The number of methoxy groups -OCH3 is 1. The summed E-state index contributed by atoms with van der Waals surface area (Å²) >= 11 is 0. The summed E-state index contributed by atoms with van der Waals surface area (Å²) in [5.74, 6) is 0.220. The Morgan fingerprint density at radius 2 is 1.69 bits per heavy atom. The molecule has 2 aromatic rings. The first-order valence-corrected chi connectivity index (χ1v) is 9.58. The number of carbonyl (C=O) groups excluding carboxylic acids is 1. The molecule has 0 saturated heterocycles. The van der Waals surface area contributed by atoms with Gasteiger partial charge in [-0.05, 0) is 55.7 Å². The van der Waals surface area contributed by atoms with Crippen molar-refractivity contribution in [3.05, 3.63) is 53.1 Å². The standard InChI is InChI=1S/C19H24N2O4S/c1-13-7-6-8-14(2)19(13)20-18(22)12-21(4)26(23,24)16-9-10-17(25-5)15(3)11-16/h6-11H,12H2,1-5H3,(H,20,22). The Kier molecular flexibility index (Phi) is 6.05. The van der Waals surface area contributed by atoms with Crippen LogP contribution in [-0.4, -0.2) is 39.3 Å². The fraction of sp³-hybridized carbons (Fsp3) is 0.316. The van der Waals surface area contributed by atoms with Crippen molar-refractivity contribution in [3.63, 3.8) is 0 Å². The van der Waals surface area contributed by atoms with Crippen molar-refractivity contribution in [2.24, 2.45) is 0 Å². The Labute approximate surface area is 154 Å². The van der Waals surface area contributed by atoms with E-state index in [2.05, 4.69) is 5.32 Å². The van der Waals surface area contributed by atoms with E-state index in [0.717, 1.165) is 15.4 Å². The van der Waals surface area contributed by atoms with Crippen molar-refractivity contribution >= 4 is 21.6 Å². The largest absolute Gasteiger partial charge is 0.496 e. The van der Waals surface area contributed by atoms with E-state index in [0.29, 0.717) is 17.0 Å². The molecule has 1 N–H and O–H groups in total. The third kappa shape index (κ3) is 4.23. The molecule has 0 fully saturated rings. The van der Waals surface area contributed by atoms with Crippen LogP contribution in [0, 0.1) is 20.8 Å². The minimum absolute atomic E-state index is 0.123. The van der Waals surface area contributed by atoms with Gasteiger partial charge in [0.15, 0.2) is 0 Å². The van der Waals surface area contributed by atoms with Gasteiger partial charge in [0, 0.05) is 12.7 Å². The molecule has 0 bridgehead atoms. The van der Waals surface area contributed by atoms with Crippen molar-refractivity contribution in [2.75, 3.05) is 26.0 Å². The van der Waals surface area contributed by atoms with Gasteiger partial charge in [0.05, 0.1) is 18.6 Å². The van der Waals surface area contributed by atoms with E-state index < -0.39 is 15.9 Å². The summed E-state index contributed by atoms with van der Waals surface area (Å²) in [6, 6.07) is 10.3. The van der Waals surface area contributed by atoms with Crippen LogP contribution in [0.4, 0.5) is 5.69 Å². The van der Waals surface area contributed by atoms with Crippen molar-refractivity contribution in [1.82, 2.24) is 4.31 Å². The molecule has 0 aliphatic rings. The molecule has 6 nitrogen and oxygen atoms in total. The summed E-state index contributed by atoms with van der Waals surface area (Å²) in [5, 5.41) is 2.80. The predicted octanol–water partition coefficient (Wildman–Crippen LogP) is 2.88. The summed E-state index contributed by atoms with van der Waals surface area (Å²) in [7, 11) is -0.861. The van der Waals surface area contributed by atoms with Gasteiger partial charge in [-0.1, -0.05) is 18.2 Å². The number of anilines is 1. The molecule has 0 heterocycles. The number of ether oxygens (including phenoxy) is 1. The Morgan fingerprint density at radius 3 is 2.23 bits per heavy atom. The number of nitrogens with one attached hydrogen (secondary N) is 1. The molecule has 7 heteroatoms. The number of sulfonamides is 1. The third-order valence-corrected chi connectivity index (χ3v) is 5.99. The molecular formula is C19H24N2O4S. The van der Waals surface area contributed by atoms with Gasteiger partial charge in [0.2, 0.25) is 15.9 Å². The number of benzene rings is 2. The average molecular weight is 376 g/mol. The quantitative estimate of drug-likeness (QED) is 0.841. The summed E-state index contributed by atoms with van der Waals surface area (Å²) < 4.78 is 31.6. The van der Waals surface area contributed by atoms with Crippen molar-refractivity contribution in [2.45, 2.75) is 25.7 Å². The van der Waals surface area contributed by atoms with E-state index in [1.165, 1.54) is 26.3 Å². The highest BCUT2D eigenvalue weighted by atomic mass is 32.2. The molecule has 140 valence electrons. The van der Waals surface area contributed by atoms with E-state index in [-0.39, 0.29) is 11.4 Å². The molecule has 2 aromatic carbocycles. The maximum atomic E-state index is 12.7. The monoisotopic (exact) mass is 376 g/mol.